The molecule has 1 amide bonds. The number of amides is 1. The summed E-state index contributed by atoms with van der Waals surface area (Å²) in [5.41, 5.74) is -0.00958. The minimum atomic E-state index is -0.934. The van der Waals surface area contributed by atoms with Crippen molar-refractivity contribution in [3.63, 3.8) is 0 Å². The topological polar surface area (TPSA) is 57.6 Å². The summed E-state index contributed by atoms with van der Waals surface area (Å²) in [5.74, 6) is -3.14. The Morgan fingerprint density at radius 3 is 2.71 bits per heavy atom. The van der Waals surface area contributed by atoms with Crippen molar-refractivity contribution in [1.82, 2.24) is 4.90 Å². The number of hydrogen-bond donors (Lipinski definition) is 1. The van der Waals surface area contributed by atoms with E-state index >= 15 is 0 Å². The Labute approximate surface area is 121 Å². The van der Waals surface area contributed by atoms with Crippen molar-refractivity contribution in [2.24, 2.45) is 5.92 Å². The molecule has 2 unspecified atom stereocenters. The van der Waals surface area contributed by atoms with Gasteiger partial charge in [-0.2, -0.15) is 0 Å². The molecule has 2 rings (SSSR count). The number of carbonyl (C=O) groups excluding carboxylic acids is 1. The summed E-state index contributed by atoms with van der Waals surface area (Å²) in [5, 5.41) is 9.05. The molecule has 1 heterocycles. The van der Waals surface area contributed by atoms with Crippen molar-refractivity contribution >= 4 is 11.9 Å². The van der Waals surface area contributed by atoms with E-state index in [4.69, 9.17) is 5.11 Å². The lowest BCUT2D eigenvalue weighted by molar-refractivity contribution is -0.147. The summed E-state index contributed by atoms with van der Waals surface area (Å²) in [7, 11) is 0. The lowest BCUT2D eigenvalue weighted by Crippen LogP contribution is -2.48. The predicted molar refractivity (Wildman–Crippen MR) is 71.6 cm³/mol. The third-order valence-corrected chi connectivity index (χ3v) is 3.90. The third kappa shape index (κ3) is 3.56. The molecule has 1 N–H and O–H groups in total. The van der Waals surface area contributed by atoms with Gasteiger partial charge < -0.3 is 10.0 Å². The number of rotatable bonds is 3. The first-order chi connectivity index (χ1) is 9.88. The molecule has 21 heavy (non-hydrogen) atoms. The molecule has 0 aliphatic carbocycles. The van der Waals surface area contributed by atoms with Gasteiger partial charge in [0.25, 0.3) is 0 Å². The molecule has 1 aromatic rings. The van der Waals surface area contributed by atoms with Gasteiger partial charge in [0.05, 0.1) is 12.3 Å². The van der Waals surface area contributed by atoms with Crippen LogP contribution in [-0.4, -0.2) is 34.5 Å². The van der Waals surface area contributed by atoms with Gasteiger partial charge in [0.1, 0.15) is 11.6 Å². The minimum Gasteiger partial charge on any atom is -0.481 e. The van der Waals surface area contributed by atoms with Gasteiger partial charge in [-0.05, 0) is 38.0 Å². The minimum absolute atomic E-state index is 0.00958. The van der Waals surface area contributed by atoms with Crippen LogP contribution in [0.2, 0.25) is 0 Å². The number of aliphatic carboxylic acids is 1. The van der Waals surface area contributed by atoms with Crippen molar-refractivity contribution in [2.45, 2.75) is 32.2 Å². The average Bonchev–Trinajstić information content (AvgIpc) is 2.43. The van der Waals surface area contributed by atoms with Crippen LogP contribution in [0.5, 0.6) is 0 Å². The highest BCUT2D eigenvalue weighted by Gasteiger charge is 2.32. The van der Waals surface area contributed by atoms with Crippen molar-refractivity contribution in [3.8, 4) is 0 Å². The number of benzene rings is 1. The Hall–Kier alpha value is -1.98. The summed E-state index contributed by atoms with van der Waals surface area (Å²) in [4.78, 5) is 24.7. The molecule has 1 aromatic carbocycles. The van der Waals surface area contributed by atoms with Crippen LogP contribution in [0.25, 0.3) is 0 Å². The molecule has 6 heteroatoms. The van der Waals surface area contributed by atoms with E-state index < -0.39 is 23.5 Å². The van der Waals surface area contributed by atoms with Crippen LogP contribution < -0.4 is 0 Å². The molecule has 1 aliphatic rings. The fourth-order valence-electron chi connectivity index (χ4n) is 2.60. The number of hydrogen-bond acceptors (Lipinski definition) is 2. The van der Waals surface area contributed by atoms with Gasteiger partial charge in [-0.25, -0.2) is 8.78 Å². The van der Waals surface area contributed by atoms with Gasteiger partial charge >= 0.3 is 5.97 Å². The van der Waals surface area contributed by atoms with Gasteiger partial charge in [-0.3, -0.25) is 9.59 Å². The molecule has 0 aromatic heterocycles. The second kappa shape index (κ2) is 6.20. The SMILES string of the molecule is CC1CCC(C(=O)O)CN1C(=O)Cc1cc(F)ccc1F. The molecule has 0 bridgehead atoms. The summed E-state index contributed by atoms with van der Waals surface area (Å²) in [6.45, 7) is 1.95. The lowest BCUT2D eigenvalue weighted by Gasteiger charge is -2.36. The molecule has 1 fully saturated rings. The van der Waals surface area contributed by atoms with Gasteiger partial charge in [-0.1, -0.05) is 0 Å². The van der Waals surface area contributed by atoms with Crippen LogP contribution >= 0.6 is 0 Å². The highest BCUT2D eigenvalue weighted by atomic mass is 19.1. The number of carbonyl (C=O) groups is 2. The monoisotopic (exact) mass is 297 g/mol. The van der Waals surface area contributed by atoms with Crippen LogP contribution in [-0.2, 0) is 16.0 Å². The maximum atomic E-state index is 13.6. The second-order valence-corrected chi connectivity index (χ2v) is 5.42. The maximum Gasteiger partial charge on any atom is 0.308 e. The molecular formula is C15H17F2NO3. The standard InChI is InChI=1S/C15H17F2NO3/c1-9-2-3-10(15(20)21)8-18(9)14(19)7-11-6-12(16)4-5-13(11)17/h4-6,9-10H,2-3,7-8H2,1H3,(H,20,21). The van der Waals surface area contributed by atoms with E-state index in [-0.39, 0.29) is 30.5 Å². The van der Waals surface area contributed by atoms with Crippen LogP contribution in [0.1, 0.15) is 25.3 Å². The van der Waals surface area contributed by atoms with Crippen molar-refractivity contribution in [3.05, 3.63) is 35.4 Å². The number of carboxylic acid groups (broad SMARTS) is 1. The van der Waals surface area contributed by atoms with Crippen LogP contribution in [0.3, 0.4) is 0 Å². The van der Waals surface area contributed by atoms with E-state index in [1.807, 2.05) is 6.92 Å². The number of carboxylic acids is 1. The van der Waals surface area contributed by atoms with E-state index in [9.17, 15) is 18.4 Å². The first-order valence-electron chi connectivity index (χ1n) is 6.84. The quantitative estimate of drug-likeness (QED) is 0.930. The number of likely N-dealkylation sites (tertiary alicyclic amines) is 1. The van der Waals surface area contributed by atoms with E-state index in [0.29, 0.717) is 12.8 Å². The highest BCUT2D eigenvalue weighted by Crippen LogP contribution is 2.23. The van der Waals surface area contributed by atoms with Crippen LogP contribution in [0, 0.1) is 17.6 Å². The smallest absolute Gasteiger partial charge is 0.308 e. The summed E-state index contributed by atoms with van der Waals surface area (Å²) in [6, 6.07) is 2.88. The molecule has 2 atom stereocenters. The molecule has 4 nitrogen and oxygen atoms in total. The van der Waals surface area contributed by atoms with Crippen molar-refractivity contribution < 1.29 is 23.5 Å². The van der Waals surface area contributed by atoms with Gasteiger partial charge in [0.2, 0.25) is 5.91 Å². The summed E-state index contributed by atoms with van der Waals surface area (Å²) in [6.07, 6.45) is 0.850. The Bertz CT molecular complexity index is 562. The normalized spacial score (nSPS) is 22.1. The Kier molecular flexibility index (Phi) is 4.55. The number of halogens is 2. The average molecular weight is 297 g/mol. The molecule has 0 saturated carbocycles. The largest absolute Gasteiger partial charge is 0.481 e. The summed E-state index contributed by atoms with van der Waals surface area (Å²) >= 11 is 0. The third-order valence-electron chi connectivity index (χ3n) is 3.90. The molecule has 1 aliphatic heterocycles. The predicted octanol–water partition coefficient (Wildman–Crippen LogP) is 2.22. The van der Waals surface area contributed by atoms with E-state index in [1.165, 1.54) is 4.90 Å². The molecule has 0 radical (unpaired) electrons. The zero-order valence-corrected chi connectivity index (χ0v) is 11.7. The molecule has 1 saturated heterocycles. The van der Waals surface area contributed by atoms with Gasteiger partial charge in [-0.15, -0.1) is 0 Å². The fraction of sp³-hybridized carbons (Fsp3) is 0.467. The second-order valence-electron chi connectivity index (χ2n) is 5.42. The molecular weight excluding hydrogens is 280 g/mol. The molecule has 0 spiro atoms. The van der Waals surface area contributed by atoms with E-state index in [2.05, 4.69) is 0 Å². The first-order valence-corrected chi connectivity index (χ1v) is 6.84. The Balaban J connectivity index is 2.11. The lowest BCUT2D eigenvalue weighted by atomic mass is 9.93. The van der Waals surface area contributed by atoms with Gasteiger partial charge in [0, 0.05) is 18.2 Å². The van der Waals surface area contributed by atoms with Crippen LogP contribution in [0.15, 0.2) is 18.2 Å². The molecule has 114 valence electrons. The van der Waals surface area contributed by atoms with Crippen LogP contribution in [0.4, 0.5) is 8.78 Å². The van der Waals surface area contributed by atoms with Crippen molar-refractivity contribution in [2.75, 3.05) is 6.54 Å². The fourth-order valence-corrected chi connectivity index (χ4v) is 2.60. The highest BCUT2D eigenvalue weighted by molar-refractivity contribution is 5.80. The van der Waals surface area contributed by atoms with E-state index in [0.717, 1.165) is 18.2 Å². The Morgan fingerprint density at radius 2 is 2.05 bits per heavy atom. The first kappa shape index (κ1) is 15.4. The summed E-state index contributed by atoms with van der Waals surface area (Å²) < 4.78 is 26.7. The van der Waals surface area contributed by atoms with Gasteiger partial charge in [0.15, 0.2) is 0 Å². The zero-order chi connectivity index (χ0) is 15.6. The number of piperidine rings is 1. The Morgan fingerprint density at radius 1 is 1.33 bits per heavy atom. The van der Waals surface area contributed by atoms with E-state index in [1.54, 1.807) is 0 Å². The maximum absolute atomic E-state index is 13.6. The number of nitrogens with zero attached hydrogens (tertiary/aromatic N) is 1. The zero-order valence-electron chi connectivity index (χ0n) is 11.7. The van der Waals surface area contributed by atoms with Crippen molar-refractivity contribution in [1.29, 1.82) is 0 Å².